The van der Waals surface area contributed by atoms with Crippen molar-refractivity contribution in [2.75, 3.05) is 7.11 Å². The van der Waals surface area contributed by atoms with Crippen molar-refractivity contribution >= 4 is 17.6 Å². The molecule has 0 saturated heterocycles. The second-order valence-electron chi connectivity index (χ2n) is 2.48. The van der Waals surface area contributed by atoms with Crippen LogP contribution in [-0.2, 0) is 4.74 Å². The number of esters is 1. The average molecular weight is 240 g/mol. The van der Waals surface area contributed by atoms with E-state index < -0.39 is 34.5 Å². The highest BCUT2D eigenvalue weighted by Crippen LogP contribution is 2.28. The van der Waals surface area contributed by atoms with Gasteiger partial charge in [-0.25, -0.2) is 18.0 Å². The van der Waals surface area contributed by atoms with E-state index in [1.54, 1.807) is 0 Å². The number of halogens is 4. The Morgan fingerprint density at radius 1 is 1.60 bits per heavy atom. The van der Waals surface area contributed by atoms with Gasteiger partial charge in [0, 0.05) is 6.20 Å². The minimum atomic E-state index is -3.00. The molecule has 0 aliphatic heterocycles. The maximum atomic E-state index is 13.3. The fourth-order valence-corrected chi connectivity index (χ4v) is 1.12. The molecule has 82 valence electrons. The second kappa shape index (κ2) is 4.48. The number of methoxy groups -OCH3 is 1. The fraction of sp³-hybridized carbons (Fsp3) is 0.250. The SMILES string of the molecule is COC(=O)c1cnc(C(F)F)c(Cl)c1F. The van der Waals surface area contributed by atoms with E-state index >= 15 is 0 Å². The van der Waals surface area contributed by atoms with E-state index in [0.29, 0.717) is 6.20 Å². The van der Waals surface area contributed by atoms with Gasteiger partial charge in [0.05, 0.1) is 7.11 Å². The number of hydrogen-bond acceptors (Lipinski definition) is 3. The van der Waals surface area contributed by atoms with Gasteiger partial charge in [0.25, 0.3) is 6.43 Å². The fourth-order valence-electron chi connectivity index (χ4n) is 0.883. The number of alkyl halides is 2. The molecule has 0 aliphatic rings. The van der Waals surface area contributed by atoms with E-state index in [9.17, 15) is 18.0 Å². The molecule has 0 fully saturated rings. The van der Waals surface area contributed by atoms with Gasteiger partial charge in [0.1, 0.15) is 16.3 Å². The molecule has 0 atom stereocenters. The van der Waals surface area contributed by atoms with Gasteiger partial charge in [-0.05, 0) is 0 Å². The molecule has 1 rings (SSSR count). The van der Waals surface area contributed by atoms with Crippen molar-refractivity contribution in [3.05, 3.63) is 28.3 Å². The lowest BCUT2D eigenvalue weighted by Crippen LogP contribution is -2.07. The van der Waals surface area contributed by atoms with Crippen LogP contribution in [0.4, 0.5) is 13.2 Å². The normalized spacial score (nSPS) is 10.5. The summed E-state index contributed by atoms with van der Waals surface area (Å²) in [4.78, 5) is 14.1. The summed E-state index contributed by atoms with van der Waals surface area (Å²) in [6, 6.07) is 0. The summed E-state index contributed by atoms with van der Waals surface area (Å²) in [5.41, 5.74) is -1.48. The first-order chi connectivity index (χ1) is 6.99. The molecule has 1 aromatic rings. The molecule has 3 nitrogen and oxygen atoms in total. The lowest BCUT2D eigenvalue weighted by Gasteiger charge is -2.06. The highest BCUT2D eigenvalue weighted by Gasteiger charge is 2.23. The van der Waals surface area contributed by atoms with E-state index in [1.807, 2.05) is 0 Å². The average Bonchev–Trinajstić information content (AvgIpc) is 2.20. The Bertz CT molecular complexity index is 398. The highest BCUT2D eigenvalue weighted by atomic mass is 35.5. The maximum absolute atomic E-state index is 13.3. The van der Waals surface area contributed by atoms with E-state index in [4.69, 9.17) is 11.6 Å². The standard InChI is InChI=1S/C8H5ClF3NO2/c1-15-8(14)3-2-13-6(7(11)12)4(9)5(3)10/h2,7H,1H3. The van der Waals surface area contributed by atoms with Crippen LogP contribution < -0.4 is 0 Å². The predicted octanol–water partition coefficient (Wildman–Crippen LogP) is 2.60. The minimum Gasteiger partial charge on any atom is -0.465 e. The Morgan fingerprint density at radius 2 is 2.20 bits per heavy atom. The van der Waals surface area contributed by atoms with Crippen molar-refractivity contribution in [3.63, 3.8) is 0 Å². The Hall–Kier alpha value is -1.30. The highest BCUT2D eigenvalue weighted by molar-refractivity contribution is 6.31. The van der Waals surface area contributed by atoms with Crippen LogP contribution in [0.1, 0.15) is 22.5 Å². The zero-order valence-electron chi connectivity index (χ0n) is 7.43. The molecule has 0 bridgehead atoms. The molecule has 0 saturated carbocycles. The molecule has 1 aromatic heterocycles. The summed E-state index contributed by atoms with van der Waals surface area (Å²) in [7, 11) is 1.02. The Kier molecular flexibility index (Phi) is 3.52. The monoisotopic (exact) mass is 239 g/mol. The molecule has 0 N–H and O–H groups in total. The van der Waals surface area contributed by atoms with Gasteiger partial charge in [0.2, 0.25) is 0 Å². The maximum Gasteiger partial charge on any atom is 0.342 e. The van der Waals surface area contributed by atoms with Crippen LogP contribution in [0, 0.1) is 5.82 Å². The van der Waals surface area contributed by atoms with Crippen molar-refractivity contribution in [1.82, 2.24) is 4.98 Å². The van der Waals surface area contributed by atoms with E-state index in [1.165, 1.54) is 0 Å². The summed E-state index contributed by atoms with van der Waals surface area (Å²) in [5.74, 6) is -2.28. The third-order valence-corrected chi connectivity index (χ3v) is 1.96. The van der Waals surface area contributed by atoms with E-state index in [-0.39, 0.29) is 0 Å². The summed E-state index contributed by atoms with van der Waals surface area (Å²) in [6.07, 6.45) is -2.34. The van der Waals surface area contributed by atoms with Crippen LogP contribution in [-0.4, -0.2) is 18.1 Å². The lowest BCUT2D eigenvalue weighted by atomic mass is 10.2. The summed E-state index contributed by atoms with van der Waals surface area (Å²) >= 11 is 5.27. The topological polar surface area (TPSA) is 39.2 Å². The molecule has 15 heavy (non-hydrogen) atoms. The molecule has 0 amide bonds. The van der Waals surface area contributed by atoms with Crippen LogP contribution in [0.3, 0.4) is 0 Å². The van der Waals surface area contributed by atoms with Gasteiger partial charge >= 0.3 is 5.97 Å². The van der Waals surface area contributed by atoms with Crippen molar-refractivity contribution in [3.8, 4) is 0 Å². The molecule has 0 aliphatic carbocycles. The number of carbonyl (C=O) groups excluding carboxylic acids is 1. The predicted molar refractivity (Wildman–Crippen MR) is 45.5 cm³/mol. The number of carbonyl (C=O) groups is 1. The molecule has 0 aromatic carbocycles. The van der Waals surface area contributed by atoms with Crippen molar-refractivity contribution in [2.45, 2.75) is 6.43 Å². The van der Waals surface area contributed by atoms with Gasteiger partial charge in [0.15, 0.2) is 5.82 Å². The number of rotatable bonds is 2. The Labute approximate surface area is 87.8 Å². The molecule has 7 heteroatoms. The van der Waals surface area contributed by atoms with E-state index in [2.05, 4.69) is 9.72 Å². The quantitative estimate of drug-likeness (QED) is 0.745. The van der Waals surface area contributed by atoms with Gasteiger partial charge in [-0.2, -0.15) is 0 Å². The zero-order chi connectivity index (χ0) is 11.6. The number of nitrogens with zero attached hydrogens (tertiary/aromatic N) is 1. The van der Waals surface area contributed by atoms with E-state index in [0.717, 1.165) is 7.11 Å². The first-order valence-electron chi connectivity index (χ1n) is 3.69. The van der Waals surface area contributed by atoms with Crippen LogP contribution in [0.2, 0.25) is 5.02 Å². The van der Waals surface area contributed by atoms with Crippen LogP contribution in [0.25, 0.3) is 0 Å². The molecular formula is C8H5ClF3NO2. The number of hydrogen-bond donors (Lipinski definition) is 0. The summed E-state index contributed by atoms with van der Waals surface area (Å²) < 4.78 is 41.8. The van der Waals surface area contributed by atoms with Crippen LogP contribution in [0.15, 0.2) is 6.20 Å². The molecule has 0 spiro atoms. The van der Waals surface area contributed by atoms with Gasteiger partial charge in [-0.3, -0.25) is 4.98 Å². The molecule has 0 radical (unpaired) electrons. The van der Waals surface area contributed by atoms with Gasteiger partial charge in [-0.15, -0.1) is 0 Å². The third kappa shape index (κ3) is 2.20. The van der Waals surface area contributed by atoms with Crippen molar-refractivity contribution in [1.29, 1.82) is 0 Å². The molecule has 1 heterocycles. The molecular weight excluding hydrogens is 235 g/mol. The van der Waals surface area contributed by atoms with Gasteiger partial charge in [-0.1, -0.05) is 11.6 Å². The Morgan fingerprint density at radius 3 is 2.67 bits per heavy atom. The third-order valence-electron chi connectivity index (χ3n) is 1.60. The lowest BCUT2D eigenvalue weighted by molar-refractivity contribution is 0.0594. The molecule has 0 unspecified atom stereocenters. The summed E-state index contributed by atoms with van der Waals surface area (Å²) in [5, 5.41) is -0.868. The van der Waals surface area contributed by atoms with Crippen LogP contribution >= 0.6 is 11.6 Å². The van der Waals surface area contributed by atoms with Crippen LogP contribution in [0.5, 0.6) is 0 Å². The smallest absolute Gasteiger partial charge is 0.342 e. The number of pyridine rings is 1. The first kappa shape index (κ1) is 11.8. The van der Waals surface area contributed by atoms with Crippen molar-refractivity contribution < 1.29 is 22.7 Å². The second-order valence-corrected chi connectivity index (χ2v) is 2.86. The van der Waals surface area contributed by atoms with Crippen molar-refractivity contribution in [2.24, 2.45) is 0 Å². The summed E-state index contributed by atoms with van der Waals surface area (Å²) in [6.45, 7) is 0. The Balaban J connectivity index is 3.27. The first-order valence-corrected chi connectivity index (χ1v) is 4.07. The zero-order valence-corrected chi connectivity index (χ0v) is 8.19. The largest absolute Gasteiger partial charge is 0.465 e. The number of aromatic nitrogens is 1. The number of ether oxygens (including phenoxy) is 1. The van der Waals surface area contributed by atoms with Gasteiger partial charge < -0.3 is 4.74 Å². The minimum absolute atomic E-state index is 0.577.